The van der Waals surface area contributed by atoms with Gasteiger partial charge in [0.2, 0.25) is 0 Å². The van der Waals surface area contributed by atoms with Crippen LogP contribution in [0.3, 0.4) is 0 Å². The van der Waals surface area contributed by atoms with E-state index >= 15 is 0 Å². The molecule has 14 heavy (non-hydrogen) atoms. The van der Waals surface area contributed by atoms with E-state index < -0.39 is 0 Å². The highest BCUT2D eigenvalue weighted by atomic mass is 79.9. The van der Waals surface area contributed by atoms with Gasteiger partial charge in [-0.1, -0.05) is 13.3 Å². The third kappa shape index (κ3) is 2.65. The Labute approximate surface area is 96.4 Å². The standard InChI is InChI=1S/C10H13BrO2S/c1-3-4-9(13-2)10(12)7-5-14-6-8(7)11/h5-6,9H,3-4H2,1-2H3. The summed E-state index contributed by atoms with van der Waals surface area (Å²) in [5.41, 5.74) is 0.732. The second kappa shape index (κ2) is 5.63. The SMILES string of the molecule is CCCC(OC)C(=O)c1cscc1Br. The normalized spacial score (nSPS) is 12.8. The van der Waals surface area contributed by atoms with Gasteiger partial charge in [-0.15, -0.1) is 0 Å². The Morgan fingerprint density at radius 2 is 2.36 bits per heavy atom. The van der Waals surface area contributed by atoms with Crippen molar-refractivity contribution in [3.63, 3.8) is 0 Å². The summed E-state index contributed by atoms with van der Waals surface area (Å²) in [5, 5.41) is 3.76. The van der Waals surface area contributed by atoms with E-state index in [0.29, 0.717) is 0 Å². The van der Waals surface area contributed by atoms with Crippen molar-refractivity contribution in [1.29, 1.82) is 0 Å². The van der Waals surface area contributed by atoms with Crippen LogP contribution in [0.4, 0.5) is 0 Å². The highest BCUT2D eigenvalue weighted by molar-refractivity contribution is 9.10. The van der Waals surface area contributed by atoms with Crippen molar-refractivity contribution in [2.45, 2.75) is 25.9 Å². The minimum absolute atomic E-state index is 0.0717. The Kier molecular flexibility index (Phi) is 4.78. The molecule has 4 heteroatoms. The van der Waals surface area contributed by atoms with E-state index in [4.69, 9.17) is 4.74 Å². The van der Waals surface area contributed by atoms with Crippen molar-refractivity contribution in [3.8, 4) is 0 Å². The van der Waals surface area contributed by atoms with E-state index in [1.165, 1.54) is 11.3 Å². The van der Waals surface area contributed by atoms with Gasteiger partial charge in [0.1, 0.15) is 6.10 Å². The lowest BCUT2D eigenvalue weighted by atomic mass is 10.1. The lowest BCUT2D eigenvalue weighted by Crippen LogP contribution is -2.22. The lowest BCUT2D eigenvalue weighted by Gasteiger charge is -2.12. The van der Waals surface area contributed by atoms with Crippen molar-refractivity contribution in [1.82, 2.24) is 0 Å². The molecule has 2 nitrogen and oxygen atoms in total. The molecule has 78 valence electrons. The number of hydrogen-bond donors (Lipinski definition) is 0. The fourth-order valence-electron chi connectivity index (χ4n) is 1.25. The maximum absolute atomic E-state index is 11.9. The van der Waals surface area contributed by atoms with Gasteiger partial charge < -0.3 is 4.74 Å². The number of ether oxygens (including phenoxy) is 1. The van der Waals surface area contributed by atoms with Gasteiger partial charge in [-0.05, 0) is 22.4 Å². The summed E-state index contributed by atoms with van der Waals surface area (Å²) in [6.45, 7) is 2.04. The monoisotopic (exact) mass is 276 g/mol. The molecule has 0 N–H and O–H groups in total. The van der Waals surface area contributed by atoms with E-state index in [0.717, 1.165) is 22.9 Å². The molecule has 0 aliphatic rings. The molecule has 0 spiro atoms. The molecule has 0 bridgehead atoms. The molecule has 0 aliphatic heterocycles. The van der Waals surface area contributed by atoms with Crippen molar-refractivity contribution in [2.75, 3.05) is 7.11 Å². The zero-order valence-electron chi connectivity index (χ0n) is 8.25. The largest absolute Gasteiger partial charge is 0.373 e. The molecule has 0 aromatic carbocycles. The van der Waals surface area contributed by atoms with Crippen LogP contribution in [0.1, 0.15) is 30.1 Å². The summed E-state index contributed by atoms with van der Waals surface area (Å²) in [6, 6.07) is 0. The quantitative estimate of drug-likeness (QED) is 0.770. The third-order valence-electron chi connectivity index (χ3n) is 2.01. The zero-order chi connectivity index (χ0) is 10.6. The maximum Gasteiger partial charge on any atom is 0.193 e. The number of rotatable bonds is 5. The minimum atomic E-state index is -0.300. The van der Waals surface area contributed by atoms with Crippen LogP contribution in [0.15, 0.2) is 15.2 Å². The number of hydrogen-bond acceptors (Lipinski definition) is 3. The van der Waals surface area contributed by atoms with Crippen LogP contribution >= 0.6 is 27.3 Å². The molecule has 1 heterocycles. The Morgan fingerprint density at radius 1 is 1.64 bits per heavy atom. The fraction of sp³-hybridized carbons (Fsp3) is 0.500. The topological polar surface area (TPSA) is 26.3 Å². The van der Waals surface area contributed by atoms with Crippen molar-refractivity contribution in [3.05, 3.63) is 20.8 Å². The summed E-state index contributed by atoms with van der Waals surface area (Å²) >= 11 is 4.87. The van der Waals surface area contributed by atoms with E-state index in [-0.39, 0.29) is 11.9 Å². The Bertz CT molecular complexity index is 309. The predicted octanol–water partition coefficient (Wildman–Crippen LogP) is 3.51. The Hall–Kier alpha value is -0.190. The number of ketones is 1. The first-order chi connectivity index (χ1) is 6.70. The van der Waals surface area contributed by atoms with Gasteiger partial charge >= 0.3 is 0 Å². The van der Waals surface area contributed by atoms with Crippen LogP contribution in [-0.2, 0) is 4.74 Å². The summed E-state index contributed by atoms with van der Waals surface area (Å²) in [5.74, 6) is 0.0717. The molecule has 1 rings (SSSR count). The first-order valence-electron chi connectivity index (χ1n) is 4.49. The molecular weight excluding hydrogens is 264 g/mol. The predicted molar refractivity (Wildman–Crippen MR) is 62.1 cm³/mol. The fourth-order valence-corrected chi connectivity index (χ4v) is 2.73. The number of methoxy groups -OCH3 is 1. The highest BCUT2D eigenvalue weighted by Gasteiger charge is 2.21. The van der Waals surface area contributed by atoms with Gasteiger partial charge in [-0.25, -0.2) is 0 Å². The molecule has 1 aromatic heterocycles. The van der Waals surface area contributed by atoms with Gasteiger partial charge in [-0.3, -0.25) is 4.79 Å². The van der Waals surface area contributed by atoms with Gasteiger partial charge in [0.05, 0.1) is 0 Å². The van der Waals surface area contributed by atoms with Gasteiger partial charge in [0.25, 0.3) is 0 Å². The van der Waals surface area contributed by atoms with Crippen LogP contribution in [0.25, 0.3) is 0 Å². The Balaban J connectivity index is 2.78. The molecule has 1 atom stereocenters. The zero-order valence-corrected chi connectivity index (χ0v) is 10.7. The highest BCUT2D eigenvalue weighted by Crippen LogP contribution is 2.24. The van der Waals surface area contributed by atoms with Crippen LogP contribution in [0.5, 0.6) is 0 Å². The molecule has 0 radical (unpaired) electrons. The summed E-state index contributed by atoms with van der Waals surface area (Å²) in [7, 11) is 1.58. The van der Waals surface area contributed by atoms with E-state index in [1.54, 1.807) is 7.11 Å². The van der Waals surface area contributed by atoms with Gasteiger partial charge in [0.15, 0.2) is 5.78 Å². The number of halogens is 1. The van der Waals surface area contributed by atoms with E-state index in [1.807, 2.05) is 17.7 Å². The second-order valence-corrected chi connectivity index (χ2v) is 4.61. The molecule has 0 saturated carbocycles. The second-order valence-electron chi connectivity index (χ2n) is 3.01. The van der Waals surface area contributed by atoms with Crippen LogP contribution in [0.2, 0.25) is 0 Å². The first kappa shape index (κ1) is 11.9. The molecule has 1 unspecified atom stereocenters. The summed E-state index contributed by atoms with van der Waals surface area (Å²) in [6.07, 6.45) is 1.43. The van der Waals surface area contributed by atoms with Crippen LogP contribution in [-0.4, -0.2) is 19.0 Å². The van der Waals surface area contributed by atoms with Crippen molar-refractivity contribution >= 4 is 33.0 Å². The van der Waals surface area contributed by atoms with E-state index in [2.05, 4.69) is 15.9 Å². The number of Topliss-reactive ketones (excluding diaryl/α,β-unsaturated/α-hetero) is 1. The molecule has 0 aliphatic carbocycles. The Morgan fingerprint density at radius 3 is 2.79 bits per heavy atom. The van der Waals surface area contributed by atoms with E-state index in [9.17, 15) is 4.79 Å². The molecule has 0 saturated heterocycles. The molecular formula is C10H13BrO2S. The maximum atomic E-state index is 11.9. The average molecular weight is 277 g/mol. The van der Waals surface area contributed by atoms with Crippen LogP contribution in [0, 0.1) is 0 Å². The lowest BCUT2D eigenvalue weighted by molar-refractivity contribution is 0.0578. The van der Waals surface area contributed by atoms with Crippen LogP contribution < -0.4 is 0 Å². The summed E-state index contributed by atoms with van der Waals surface area (Å²) in [4.78, 5) is 11.9. The molecule has 0 amide bonds. The van der Waals surface area contributed by atoms with Gasteiger partial charge in [0, 0.05) is 27.9 Å². The van der Waals surface area contributed by atoms with Crippen molar-refractivity contribution < 1.29 is 9.53 Å². The number of carbonyl (C=O) groups excluding carboxylic acids is 1. The first-order valence-corrected chi connectivity index (χ1v) is 6.23. The minimum Gasteiger partial charge on any atom is -0.373 e. The third-order valence-corrected chi connectivity index (χ3v) is 3.71. The summed E-state index contributed by atoms with van der Waals surface area (Å²) < 4.78 is 6.03. The number of carbonyl (C=O) groups is 1. The average Bonchev–Trinajstić information content (AvgIpc) is 2.59. The molecule has 0 fully saturated rings. The van der Waals surface area contributed by atoms with Crippen molar-refractivity contribution in [2.24, 2.45) is 0 Å². The smallest absolute Gasteiger partial charge is 0.193 e. The number of thiophene rings is 1. The molecule has 1 aromatic rings. The van der Waals surface area contributed by atoms with Gasteiger partial charge in [-0.2, -0.15) is 11.3 Å².